The Balaban J connectivity index is 1.50. The molecule has 7 nitrogen and oxygen atoms in total. The van der Waals surface area contributed by atoms with Crippen LogP contribution in [-0.4, -0.2) is 35.0 Å². The molecule has 2 N–H and O–H groups in total. The summed E-state index contributed by atoms with van der Waals surface area (Å²) in [5.74, 6) is 0. The first-order valence-electron chi connectivity index (χ1n) is 9.05. The zero-order valence-electron chi connectivity index (χ0n) is 15.6. The summed E-state index contributed by atoms with van der Waals surface area (Å²) in [5, 5.41) is 16.5. The third-order valence-electron chi connectivity index (χ3n) is 4.99. The summed E-state index contributed by atoms with van der Waals surface area (Å²) in [6.45, 7) is 6.15. The highest BCUT2D eigenvalue weighted by molar-refractivity contribution is 5.89. The quantitative estimate of drug-likeness (QED) is 0.625. The average molecular weight is 368 g/mol. The Morgan fingerprint density at radius 3 is 2.70 bits per heavy atom. The molecule has 1 atom stereocenters. The Morgan fingerprint density at radius 1 is 1.26 bits per heavy atom. The third kappa shape index (κ3) is 4.62. The van der Waals surface area contributed by atoms with Crippen LogP contribution < -0.4 is 10.6 Å². The van der Waals surface area contributed by atoms with Crippen molar-refractivity contribution in [3.8, 4) is 0 Å². The minimum atomic E-state index is -0.433. The summed E-state index contributed by atoms with van der Waals surface area (Å²) in [5.41, 5.74) is 3.84. The van der Waals surface area contributed by atoms with Gasteiger partial charge in [0.25, 0.3) is 5.69 Å². The molecule has 142 valence electrons. The van der Waals surface area contributed by atoms with Crippen molar-refractivity contribution in [3.63, 3.8) is 0 Å². The van der Waals surface area contributed by atoms with E-state index in [0.717, 1.165) is 19.5 Å². The monoisotopic (exact) mass is 368 g/mol. The van der Waals surface area contributed by atoms with E-state index in [9.17, 15) is 14.9 Å². The second-order valence-electron chi connectivity index (χ2n) is 6.93. The van der Waals surface area contributed by atoms with Crippen LogP contribution in [0.2, 0.25) is 0 Å². The van der Waals surface area contributed by atoms with Gasteiger partial charge in [0, 0.05) is 43.0 Å². The number of anilines is 1. The van der Waals surface area contributed by atoms with Gasteiger partial charge in [-0.2, -0.15) is 0 Å². The Morgan fingerprint density at radius 2 is 2.00 bits per heavy atom. The fourth-order valence-corrected chi connectivity index (χ4v) is 3.38. The second-order valence-corrected chi connectivity index (χ2v) is 6.93. The summed E-state index contributed by atoms with van der Waals surface area (Å²) in [4.78, 5) is 24.9. The number of nitrogens with one attached hydrogen (secondary N) is 2. The highest BCUT2D eigenvalue weighted by atomic mass is 16.6. The molecule has 0 fully saturated rings. The van der Waals surface area contributed by atoms with E-state index in [1.54, 1.807) is 13.0 Å². The molecule has 3 rings (SSSR count). The lowest BCUT2D eigenvalue weighted by molar-refractivity contribution is -0.385. The van der Waals surface area contributed by atoms with Crippen molar-refractivity contribution in [2.24, 2.45) is 0 Å². The van der Waals surface area contributed by atoms with Gasteiger partial charge >= 0.3 is 6.03 Å². The Labute approximate surface area is 158 Å². The molecule has 27 heavy (non-hydrogen) atoms. The van der Waals surface area contributed by atoms with Crippen LogP contribution in [0.3, 0.4) is 0 Å². The van der Waals surface area contributed by atoms with Gasteiger partial charge < -0.3 is 10.6 Å². The van der Waals surface area contributed by atoms with Gasteiger partial charge in [0.2, 0.25) is 0 Å². The lowest BCUT2D eigenvalue weighted by atomic mass is 9.99. The predicted octanol–water partition coefficient (Wildman–Crippen LogP) is 3.47. The van der Waals surface area contributed by atoms with Crippen LogP contribution >= 0.6 is 0 Å². The number of nitro groups is 1. The van der Waals surface area contributed by atoms with Gasteiger partial charge in [-0.05, 0) is 43.5 Å². The minimum Gasteiger partial charge on any atom is -0.336 e. The largest absolute Gasteiger partial charge is 0.336 e. The maximum Gasteiger partial charge on any atom is 0.319 e. The summed E-state index contributed by atoms with van der Waals surface area (Å²) >= 11 is 0. The van der Waals surface area contributed by atoms with Gasteiger partial charge in [-0.15, -0.1) is 0 Å². The molecule has 1 heterocycles. The van der Waals surface area contributed by atoms with Crippen LogP contribution in [0, 0.1) is 17.0 Å². The van der Waals surface area contributed by atoms with Gasteiger partial charge in [0.05, 0.1) is 4.92 Å². The molecule has 7 heteroatoms. The van der Waals surface area contributed by atoms with Crippen molar-refractivity contribution in [1.29, 1.82) is 0 Å². The lowest BCUT2D eigenvalue weighted by Crippen LogP contribution is -2.45. The van der Waals surface area contributed by atoms with Crippen molar-refractivity contribution >= 4 is 17.4 Å². The van der Waals surface area contributed by atoms with E-state index in [1.165, 1.54) is 23.3 Å². The van der Waals surface area contributed by atoms with Crippen LogP contribution in [0.25, 0.3) is 0 Å². The number of amides is 2. The number of benzene rings is 2. The highest BCUT2D eigenvalue weighted by Crippen LogP contribution is 2.22. The maximum absolute atomic E-state index is 12.2. The molecular formula is C20H24N4O3. The first-order chi connectivity index (χ1) is 12.9. The molecular weight excluding hydrogens is 344 g/mol. The van der Waals surface area contributed by atoms with E-state index in [1.807, 2.05) is 0 Å². The minimum absolute atomic E-state index is 0.0416. The molecule has 2 amide bonds. The van der Waals surface area contributed by atoms with Gasteiger partial charge in [-0.3, -0.25) is 15.0 Å². The number of carbonyl (C=O) groups excluding carboxylic acids is 1. The Kier molecular flexibility index (Phi) is 5.71. The van der Waals surface area contributed by atoms with Crippen molar-refractivity contribution in [3.05, 3.63) is 69.3 Å². The van der Waals surface area contributed by atoms with Crippen molar-refractivity contribution in [2.75, 3.05) is 18.4 Å². The normalized spacial score (nSPS) is 14.9. The molecule has 1 unspecified atom stereocenters. The molecule has 0 saturated heterocycles. The number of fused-ring (bicyclic) bond motifs is 1. The first kappa shape index (κ1) is 18.8. The Hall–Kier alpha value is -2.93. The zero-order valence-corrected chi connectivity index (χ0v) is 15.6. The number of urea groups is 1. The number of rotatable bonds is 5. The number of aryl methyl sites for hydroxylation is 1. The van der Waals surface area contributed by atoms with E-state index in [-0.39, 0.29) is 17.8 Å². The summed E-state index contributed by atoms with van der Waals surface area (Å²) in [6.07, 6.45) is 1.02. The van der Waals surface area contributed by atoms with E-state index >= 15 is 0 Å². The lowest BCUT2D eigenvalue weighted by Gasteiger charge is -2.33. The summed E-state index contributed by atoms with van der Waals surface area (Å²) in [7, 11) is 0. The number of nitro benzene ring substituents is 1. The molecule has 1 aliphatic heterocycles. The van der Waals surface area contributed by atoms with E-state index in [4.69, 9.17) is 0 Å². The van der Waals surface area contributed by atoms with Crippen molar-refractivity contribution < 1.29 is 9.72 Å². The molecule has 2 aromatic carbocycles. The van der Waals surface area contributed by atoms with E-state index in [0.29, 0.717) is 17.8 Å². The molecule has 0 aromatic heterocycles. The molecule has 0 radical (unpaired) electrons. The Bertz CT molecular complexity index is 853. The summed E-state index contributed by atoms with van der Waals surface area (Å²) in [6, 6.07) is 12.9. The maximum atomic E-state index is 12.2. The van der Waals surface area contributed by atoms with Gasteiger partial charge in [-0.25, -0.2) is 4.79 Å². The SMILES string of the molecule is Cc1cc(NC(=O)NCC(C)N2CCc3ccccc3C2)ccc1[N+](=O)[O-]. The fraction of sp³-hybridized carbons (Fsp3) is 0.350. The molecule has 0 saturated carbocycles. The van der Waals surface area contributed by atoms with Crippen LogP contribution in [-0.2, 0) is 13.0 Å². The topological polar surface area (TPSA) is 87.5 Å². The van der Waals surface area contributed by atoms with E-state index in [2.05, 4.69) is 46.7 Å². The molecule has 1 aliphatic rings. The van der Waals surface area contributed by atoms with Crippen LogP contribution in [0.4, 0.5) is 16.2 Å². The standard InChI is InChI=1S/C20H24N4O3/c1-14-11-18(7-8-19(14)24(26)27)22-20(25)21-12-15(2)23-10-9-16-5-3-4-6-17(16)13-23/h3-8,11,15H,9-10,12-13H2,1-2H3,(H2,21,22,25). The first-order valence-corrected chi connectivity index (χ1v) is 9.05. The average Bonchev–Trinajstić information content (AvgIpc) is 2.65. The number of nitrogens with zero attached hydrogens (tertiary/aromatic N) is 2. The van der Waals surface area contributed by atoms with Gasteiger partial charge in [0.15, 0.2) is 0 Å². The number of carbonyl (C=O) groups is 1. The van der Waals surface area contributed by atoms with Crippen LogP contribution in [0.5, 0.6) is 0 Å². The third-order valence-corrected chi connectivity index (χ3v) is 4.99. The van der Waals surface area contributed by atoms with Crippen molar-refractivity contribution in [2.45, 2.75) is 32.9 Å². The predicted molar refractivity (Wildman–Crippen MR) is 105 cm³/mol. The van der Waals surface area contributed by atoms with Crippen LogP contribution in [0.15, 0.2) is 42.5 Å². The van der Waals surface area contributed by atoms with Crippen molar-refractivity contribution in [1.82, 2.24) is 10.2 Å². The van der Waals surface area contributed by atoms with Gasteiger partial charge in [0.1, 0.15) is 0 Å². The van der Waals surface area contributed by atoms with Crippen LogP contribution in [0.1, 0.15) is 23.6 Å². The molecule has 2 aromatic rings. The molecule has 0 aliphatic carbocycles. The molecule has 0 spiro atoms. The highest BCUT2D eigenvalue weighted by Gasteiger charge is 2.20. The smallest absolute Gasteiger partial charge is 0.319 e. The summed E-state index contributed by atoms with van der Waals surface area (Å²) < 4.78 is 0. The number of hydrogen-bond acceptors (Lipinski definition) is 4. The molecule has 0 bridgehead atoms. The van der Waals surface area contributed by atoms with E-state index < -0.39 is 4.92 Å². The second kappa shape index (κ2) is 8.18. The number of hydrogen-bond donors (Lipinski definition) is 2. The van der Waals surface area contributed by atoms with Gasteiger partial charge in [-0.1, -0.05) is 24.3 Å². The fourth-order valence-electron chi connectivity index (χ4n) is 3.38. The zero-order chi connectivity index (χ0) is 19.4.